The molecule has 1 spiro atoms. The zero-order valence-electron chi connectivity index (χ0n) is 17.8. The standard InChI is InChI=1S/C23H36N4O/c1-4-22(2,3)17-7-11-23(12-8-17)16-19(23)21(28)27-14-9-18(10-15-27)25-20-6-5-13-24-26-20/h5-6,13,17-19H,4,7-12,14-16H2,1-3H3,(H,25,26). The van der Waals surface area contributed by atoms with Crippen LogP contribution < -0.4 is 5.32 Å². The fourth-order valence-electron chi connectivity index (χ4n) is 5.56. The largest absolute Gasteiger partial charge is 0.366 e. The van der Waals surface area contributed by atoms with E-state index in [1.54, 1.807) is 6.20 Å². The summed E-state index contributed by atoms with van der Waals surface area (Å²) in [6.45, 7) is 8.90. The molecule has 1 aromatic heterocycles. The van der Waals surface area contributed by atoms with E-state index >= 15 is 0 Å². The fourth-order valence-corrected chi connectivity index (χ4v) is 5.56. The van der Waals surface area contributed by atoms with E-state index in [2.05, 4.69) is 41.2 Å². The molecule has 1 aromatic rings. The highest BCUT2D eigenvalue weighted by Crippen LogP contribution is 2.64. The SMILES string of the molecule is CCC(C)(C)C1CCC2(CC1)CC2C(=O)N1CCC(Nc2cccnn2)CC1. The van der Waals surface area contributed by atoms with E-state index in [9.17, 15) is 4.79 Å². The first-order chi connectivity index (χ1) is 13.4. The minimum absolute atomic E-state index is 0.308. The molecule has 1 unspecified atom stereocenters. The summed E-state index contributed by atoms with van der Waals surface area (Å²) in [4.78, 5) is 15.3. The molecule has 5 heteroatoms. The molecule has 5 nitrogen and oxygen atoms in total. The van der Waals surface area contributed by atoms with Gasteiger partial charge in [-0.3, -0.25) is 4.79 Å². The summed E-state index contributed by atoms with van der Waals surface area (Å²) in [7, 11) is 0. The molecule has 0 aromatic carbocycles. The zero-order valence-corrected chi connectivity index (χ0v) is 17.8. The van der Waals surface area contributed by atoms with Crippen LogP contribution in [0.5, 0.6) is 0 Å². The Kier molecular flexibility index (Phi) is 5.36. The van der Waals surface area contributed by atoms with Crippen LogP contribution in [0.15, 0.2) is 18.3 Å². The van der Waals surface area contributed by atoms with Crippen LogP contribution in [0.3, 0.4) is 0 Å². The van der Waals surface area contributed by atoms with E-state index in [1.807, 2.05) is 12.1 Å². The lowest BCUT2D eigenvalue weighted by molar-refractivity contribution is -0.134. The van der Waals surface area contributed by atoms with Gasteiger partial charge in [0.15, 0.2) is 0 Å². The molecule has 0 radical (unpaired) electrons. The molecular weight excluding hydrogens is 348 g/mol. The molecule has 0 bridgehead atoms. The Morgan fingerprint density at radius 2 is 1.96 bits per heavy atom. The van der Waals surface area contributed by atoms with E-state index < -0.39 is 0 Å². The fraction of sp³-hybridized carbons (Fsp3) is 0.783. The summed E-state index contributed by atoms with van der Waals surface area (Å²) in [5, 5.41) is 11.5. The topological polar surface area (TPSA) is 58.1 Å². The van der Waals surface area contributed by atoms with Crippen molar-refractivity contribution in [2.45, 2.75) is 78.2 Å². The van der Waals surface area contributed by atoms with Crippen LogP contribution in [0, 0.1) is 22.7 Å². The van der Waals surface area contributed by atoms with Crippen LogP contribution >= 0.6 is 0 Å². The van der Waals surface area contributed by atoms with Crippen molar-refractivity contribution in [1.82, 2.24) is 15.1 Å². The van der Waals surface area contributed by atoms with Crippen LogP contribution in [0.4, 0.5) is 5.82 Å². The second-order valence-corrected chi connectivity index (χ2v) is 10.1. The smallest absolute Gasteiger partial charge is 0.226 e. The number of aromatic nitrogens is 2. The summed E-state index contributed by atoms with van der Waals surface area (Å²) in [6.07, 6.45) is 11.2. The number of anilines is 1. The molecule has 1 amide bonds. The third kappa shape index (κ3) is 3.90. The number of hydrogen-bond donors (Lipinski definition) is 1. The Morgan fingerprint density at radius 3 is 2.57 bits per heavy atom. The Balaban J connectivity index is 1.25. The monoisotopic (exact) mass is 384 g/mol. The number of carbonyl (C=O) groups is 1. The van der Waals surface area contributed by atoms with E-state index in [4.69, 9.17) is 0 Å². The average Bonchev–Trinajstić information content (AvgIpc) is 3.42. The van der Waals surface area contributed by atoms with Crippen molar-refractivity contribution in [3.05, 3.63) is 18.3 Å². The van der Waals surface area contributed by atoms with E-state index in [0.717, 1.165) is 44.1 Å². The summed E-state index contributed by atoms with van der Waals surface area (Å²) in [5.41, 5.74) is 0.806. The van der Waals surface area contributed by atoms with E-state index in [1.165, 1.54) is 32.1 Å². The summed E-state index contributed by atoms with van der Waals surface area (Å²) >= 11 is 0. The molecule has 1 N–H and O–H groups in total. The first-order valence-electron chi connectivity index (χ1n) is 11.3. The maximum absolute atomic E-state index is 13.1. The summed E-state index contributed by atoms with van der Waals surface area (Å²) < 4.78 is 0. The number of rotatable bonds is 5. The van der Waals surface area contributed by atoms with Crippen LogP contribution in [0.2, 0.25) is 0 Å². The van der Waals surface area contributed by atoms with Gasteiger partial charge in [-0.2, -0.15) is 5.10 Å². The Bertz CT molecular complexity index is 673. The minimum Gasteiger partial charge on any atom is -0.366 e. The van der Waals surface area contributed by atoms with Gasteiger partial charge >= 0.3 is 0 Å². The molecule has 1 atom stereocenters. The van der Waals surface area contributed by atoms with Gasteiger partial charge in [-0.25, -0.2) is 0 Å². The highest BCUT2D eigenvalue weighted by atomic mass is 16.2. The van der Waals surface area contributed by atoms with Gasteiger partial charge < -0.3 is 10.2 Å². The van der Waals surface area contributed by atoms with Crippen molar-refractivity contribution >= 4 is 11.7 Å². The van der Waals surface area contributed by atoms with Crippen molar-refractivity contribution < 1.29 is 4.79 Å². The molecule has 154 valence electrons. The van der Waals surface area contributed by atoms with Crippen LogP contribution in [-0.2, 0) is 4.79 Å². The Labute approximate surface area is 169 Å². The van der Waals surface area contributed by atoms with Gasteiger partial charge in [0.25, 0.3) is 0 Å². The number of nitrogens with one attached hydrogen (secondary N) is 1. The molecule has 28 heavy (non-hydrogen) atoms. The van der Waals surface area contributed by atoms with Crippen molar-refractivity contribution in [1.29, 1.82) is 0 Å². The maximum atomic E-state index is 13.1. The number of carbonyl (C=O) groups excluding carboxylic acids is 1. The molecule has 4 rings (SSSR count). The van der Waals surface area contributed by atoms with Crippen LogP contribution in [0.25, 0.3) is 0 Å². The predicted molar refractivity (Wildman–Crippen MR) is 112 cm³/mol. The Hall–Kier alpha value is -1.65. The average molecular weight is 385 g/mol. The number of nitrogens with zero attached hydrogens (tertiary/aromatic N) is 3. The first-order valence-corrected chi connectivity index (χ1v) is 11.3. The highest BCUT2D eigenvalue weighted by Gasteiger charge is 2.60. The van der Waals surface area contributed by atoms with Crippen molar-refractivity contribution in [3.8, 4) is 0 Å². The van der Waals surface area contributed by atoms with Crippen molar-refractivity contribution in [3.63, 3.8) is 0 Å². The third-order valence-corrected chi connectivity index (χ3v) is 8.22. The molecule has 3 aliphatic rings. The van der Waals surface area contributed by atoms with E-state index in [0.29, 0.717) is 28.7 Å². The van der Waals surface area contributed by atoms with Gasteiger partial charge in [0.2, 0.25) is 5.91 Å². The van der Waals surface area contributed by atoms with Crippen molar-refractivity contribution in [2.24, 2.45) is 22.7 Å². The number of hydrogen-bond acceptors (Lipinski definition) is 4. The molecular formula is C23H36N4O. The van der Waals surface area contributed by atoms with E-state index in [-0.39, 0.29) is 0 Å². The summed E-state index contributed by atoms with van der Waals surface area (Å²) in [6, 6.07) is 4.24. The van der Waals surface area contributed by atoms with Gasteiger partial charge in [0.1, 0.15) is 5.82 Å². The Morgan fingerprint density at radius 1 is 1.25 bits per heavy atom. The van der Waals surface area contributed by atoms with Crippen LogP contribution in [-0.4, -0.2) is 40.1 Å². The maximum Gasteiger partial charge on any atom is 0.226 e. The highest BCUT2D eigenvalue weighted by molar-refractivity contribution is 5.82. The van der Waals surface area contributed by atoms with Crippen LogP contribution in [0.1, 0.15) is 72.1 Å². The number of piperidine rings is 1. The zero-order chi connectivity index (χ0) is 19.8. The molecule has 2 aliphatic carbocycles. The second kappa shape index (κ2) is 7.64. The lowest BCUT2D eigenvalue weighted by Gasteiger charge is -2.40. The van der Waals surface area contributed by atoms with Gasteiger partial charge in [-0.15, -0.1) is 5.10 Å². The van der Waals surface area contributed by atoms with Gasteiger partial charge in [-0.1, -0.05) is 27.2 Å². The number of likely N-dealkylation sites (tertiary alicyclic amines) is 1. The molecule has 1 saturated heterocycles. The number of amides is 1. The first kappa shape index (κ1) is 19.7. The molecule has 2 heterocycles. The third-order valence-electron chi connectivity index (χ3n) is 8.22. The quantitative estimate of drug-likeness (QED) is 0.811. The lowest BCUT2D eigenvalue weighted by atomic mass is 9.66. The normalized spacial score (nSPS) is 31.0. The molecule has 2 saturated carbocycles. The summed E-state index contributed by atoms with van der Waals surface area (Å²) in [5.74, 6) is 2.41. The lowest BCUT2D eigenvalue weighted by Crippen LogP contribution is -2.44. The second-order valence-electron chi connectivity index (χ2n) is 10.1. The van der Waals surface area contributed by atoms with Gasteiger partial charge in [-0.05, 0) is 73.8 Å². The molecule has 1 aliphatic heterocycles. The predicted octanol–water partition coefficient (Wildman–Crippen LogP) is 4.51. The minimum atomic E-state index is 0.308. The van der Waals surface area contributed by atoms with Crippen molar-refractivity contribution in [2.75, 3.05) is 18.4 Å². The molecule has 3 fully saturated rings. The van der Waals surface area contributed by atoms with Gasteiger partial charge in [0, 0.05) is 31.2 Å². The van der Waals surface area contributed by atoms with Gasteiger partial charge in [0.05, 0.1) is 0 Å².